The van der Waals surface area contributed by atoms with Gasteiger partial charge in [-0.1, -0.05) is 41.4 Å². The van der Waals surface area contributed by atoms with Crippen LogP contribution in [0.25, 0.3) is 16.7 Å². The van der Waals surface area contributed by atoms with Crippen LogP contribution in [0.1, 0.15) is 21.9 Å². The summed E-state index contributed by atoms with van der Waals surface area (Å²) >= 11 is 12.2. The zero-order valence-electron chi connectivity index (χ0n) is 17.0. The number of rotatable bonds is 6. The first-order valence-electron chi connectivity index (χ1n) is 9.70. The van der Waals surface area contributed by atoms with Crippen molar-refractivity contribution in [3.05, 3.63) is 75.7 Å². The largest absolute Gasteiger partial charge is 0.368 e. The van der Waals surface area contributed by atoms with Gasteiger partial charge in [-0.05, 0) is 44.2 Å². The van der Waals surface area contributed by atoms with Gasteiger partial charge in [0.2, 0.25) is 0 Å². The Morgan fingerprint density at radius 3 is 2.61 bits per heavy atom. The molecule has 0 saturated heterocycles. The van der Waals surface area contributed by atoms with Gasteiger partial charge in [0.1, 0.15) is 11.6 Å². The standard InChI is InChI=1S/C22H20Cl2N6O/c1-13-19-20(25-10-11-26-22(31)17-8-3-4-9-18(17)24)27-14(2)28-21(19)30(29-13)16-7-5-6-15(23)12-16/h3-9,12H,10-11H2,1-2H3,(H,26,31)(H,25,27,28). The molecule has 2 aromatic heterocycles. The summed E-state index contributed by atoms with van der Waals surface area (Å²) in [7, 11) is 0. The Bertz CT molecular complexity index is 1270. The van der Waals surface area contributed by atoms with Crippen molar-refractivity contribution in [3.63, 3.8) is 0 Å². The van der Waals surface area contributed by atoms with E-state index in [0.717, 1.165) is 16.8 Å². The average molecular weight is 455 g/mol. The van der Waals surface area contributed by atoms with Crippen molar-refractivity contribution in [2.24, 2.45) is 0 Å². The first-order valence-corrected chi connectivity index (χ1v) is 10.5. The summed E-state index contributed by atoms with van der Waals surface area (Å²) in [6.45, 7) is 4.61. The van der Waals surface area contributed by atoms with E-state index >= 15 is 0 Å². The molecule has 31 heavy (non-hydrogen) atoms. The van der Waals surface area contributed by atoms with E-state index in [2.05, 4.69) is 25.7 Å². The topological polar surface area (TPSA) is 84.7 Å². The van der Waals surface area contributed by atoms with E-state index < -0.39 is 0 Å². The number of benzene rings is 2. The van der Waals surface area contributed by atoms with Crippen LogP contribution >= 0.6 is 23.2 Å². The number of nitrogens with one attached hydrogen (secondary N) is 2. The number of halogens is 2. The fourth-order valence-corrected chi connectivity index (χ4v) is 3.71. The lowest BCUT2D eigenvalue weighted by atomic mass is 10.2. The number of aryl methyl sites for hydroxylation is 2. The number of anilines is 1. The molecule has 0 aliphatic carbocycles. The number of carbonyl (C=O) groups is 1. The Morgan fingerprint density at radius 2 is 1.84 bits per heavy atom. The SMILES string of the molecule is Cc1nc(NCCNC(=O)c2ccccc2Cl)c2c(C)nn(-c3cccc(Cl)c3)c2n1. The molecule has 2 heterocycles. The average Bonchev–Trinajstić information content (AvgIpc) is 3.07. The van der Waals surface area contributed by atoms with Crippen LogP contribution in [-0.2, 0) is 0 Å². The third-order valence-electron chi connectivity index (χ3n) is 4.69. The Kier molecular flexibility index (Phi) is 6.06. The summed E-state index contributed by atoms with van der Waals surface area (Å²) in [4.78, 5) is 21.4. The molecule has 0 aliphatic heterocycles. The molecule has 0 spiro atoms. The number of fused-ring (bicyclic) bond motifs is 1. The second kappa shape index (κ2) is 8.91. The molecule has 158 valence electrons. The summed E-state index contributed by atoms with van der Waals surface area (Å²) in [5.74, 6) is 1.06. The molecule has 0 saturated carbocycles. The van der Waals surface area contributed by atoms with Crippen molar-refractivity contribution in [2.45, 2.75) is 13.8 Å². The number of aromatic nitrogens is 4. The zero-order chi connectivity index (χ0) is 22.0. The number of hydrogen-bond donors (Lipinski definition) is 2. The van der Waals surface area contributed by atoms with Crippen molar-refractivity contribution in [1.29, 1.82) is 0 Å². The molecule has 4 rings (SSSR count). The van der Waals surface area contributed by atoms with Gasteiger partial charge in [0.25, 0.3) is 5.91 Å². The lowest BCUT2D eigenvalue weighted by molar-refractivity contribution is 0.0955. The zero-order valence-corrected chi connectivity index (χ0v) is 18.5. The van der Waals surface area contributed by atoms with Crippen LogP contribution in [-0.4, -0.2) is 38.7 Å². The molecule has 0 bridgehead atoms. The van der Waals surface area contributed by atoms with Crippen molar-refractivity contribution < 1.29 is 4.79 Å². The fraction of sp³-hybridized carbons (Fsp3) is 0.182. The van der Waals surface area contributed by atoms with Gasteiger partial charge >= 0.3 is 0 Å². The summed E-state index contributed by atoms with van der Waals surface area (Å²) in [5.41, 5.74) is 2.75. The summed E-state index contributed by atoms with van der Waals surface area (Å²) in [5, 5.41) is 12.7. The molecule has 4 aromatic rings. The van der Waals surface area contributed by atoms with E-state index in [9.17, 15) is 4.79 Å². The molecule has 0 unspecified atom stereocenters. The van der Waals surface area contributed by atoms with Gasteiger partial charge in [0, 0.05) is 18.1 Å². The smallest absolute Gasteiger partial charge is 0.252 e. The highest BCUT2D eigenvalue weighted by Crippen LogP contribution is 2.27. The second-order valence-electron chi connectivity index (χ2n) is 6.96. The van der Waals surface area contributed by atoms with E-state index in [0.29, 0.717) is 46.0 Å². The van der Waals surface area contributed by atoms with Gasteiger partial charge in [0.05, 0.1) is 27.4 Å². The summed E-state index contributed by atoms with van der Waals surface area (Å²) < 4.78 is 1.76. The number of hydrogen-bond acceptors (Lipinski definition) is 5. The Morgan fingerprint density at radius 1 is 1.03 bits per heavy atom. The Labute approximate surface area is 189 Å². The maximum atomic E-state index is 12.3. The lowest BCUT2D eigenvalue weighted by Gasteiger charge is -2.10. The lowest BCUT2D eigenvalue weighted by Crippen LogP contribution is -2.29. The number of amides is 1. The van der Waals surface area contributed by atoms with Gasteiger partial charge < -0.3 is 10.6 Å². The van der Waals surface area contributed by atoms with Crippen molar-refractivity contribution in [3.8, 4) is 5.69 Å². The maximum absolute atomic E-state index is 12.3. The van der Waals surface area contributed by atoms with Crippen molar-refractivity contribution in [1.82, 2.24) is 25.1 Å². The molecule has 2 aromatic carbocycles. The minimum atomic E-state index is -0.221. The van der Waals surface area contributed by atoms with E-state index in [1.165, 1.54) is 0 Å². The monoisotopic (exact) mass is 454 g/mol. The van der Waals surface area contributed by atoms with Gasteiger partial charge in [-0.15, -0.1) is 0 Å². The Hall–Kier alpha value is -3.16. The third kappa shape index (κ3) is 4.47. The van der Waals surface area contributed by atoms with Crippen LogP contribution in [0.3, 0.4) is 0 Å². The first kappa shape index (κ1) is 21.1. The van der Waals surface area contributed by atoms with Gasteiger partial charge in [-0.2, -0.15) is 5.10 Å². The molecule has 1 amide bonds. The molecule has 0 radical (unpaired) electrons. The molecule has 2 N–H and O–H groups in total. The molecule has 7 nitrogen and oxygen atoms in total. The molecular formula is C22H20Cl2N6O. The van der Waals surface area contributed by atoms with Crippen LogP contribution < -0.4 is 10.6 Å². The minimum Gasteiger partial charge on any atom is -0.368 e. The van der Waals surface area contributed by atoms with Crippen LogP contribution in [0.5, 0.6) is 0 Å². The molecule has 0 aliphatic rings. The number of carbonyl (C=O) groups excluding carboxylic acids is 1. The molecule has 9 heteroatoms. The fourth-order valence-electron chi connectivity index (χ4n) is 3.30. The van der Waals surface area contributed by atoms with Gasteiger partial charge in [-0.3, -0.25) is 4.79 Å². The quantitative estimate of drug-likeness (QED) is 0.416. The predicted octanol–water partition coefficient (Wildman–Crippen LogP) is 4.58. The molecule has 0 fully saturated rings. The highest BCUT2D eigenvalue weighted by molar-refractivity contribution is 6.33. The maximum Gasteiger partial charge on any atom is 0.252 e. The third-order valence-corrected chi connectivity index (χ3v) is 5.25. The minimum absolute atomic E-state index is 0.221. The van der Waals surface area contributed by atoms with Crippen LogP contribution in [0, 0.1) is 13.8 Å². The van der Waals surface area contributed by atoms with Crippen molar-refractivity contribution in [2.75, 3.05) is 18.4 Å². The molecule has 0 atom stereocenters. The summed E-state index contributed by atoms with van der Waals surface area (Å²) in [6.07, 6.45) is 0. The molecular weight excluding hydrogens is 435 g/mol. The van der Waals surface area contributed by atoms with Gasteiger partial charge in [-0.25, -0.2) is 14.6 Å². The summed E-state index contributed by atoms with van der Waals surface area (Å²) in [6, 6.07) is 14.4. The highest BCUT2D eigenvalue weighted by Gasteiger charge is 2.17. The van der Waals surface area contributed by atoms with E-state index in [1.807, 2.05) is 38.1 Å². The predicted molar refractivity (Wildman–Crippen MR) is 123 cm³/mol. The normalized spacial score (nSPS) is 11.0. The van der Waals surface area contributed by atoms with E-state index in [4.69, 9.17) is 23.2 Å². The second-order valence-corrected chi connectivity index (χ2v) is 7.80. The first-order chi connectivity index (χ1) is 14.9. The van der Waals surface area contributed by atoms with Crippen LogP contribution in [0.2, 0.25) is 10.0 Å². The van der Waals surface area contributed by atoms with Crippen molar-refractivity contribution >= 4 is 46.0 Å². The highest BCUT2D eigenvalue weighted by atomic mass is 35.5. The van der Waals surface area contributed by atoms with Crippen LogP contribution in [0.15, 0.2) is 48.5 Å². The van der Waals surface area contributed by atoms with Gasteiger partial charge in [0.15, 0.2) is 5.65 Å². The van der Waals surface area contributed by atoms with E-state index in [-0.39, 0.29) is 5.91 Å². The van der Waals surface area contributed by atoms with Crippen LogP contribution in [0.4, 0.5) is 5.82 Å². The van der Waals surface area contributed by atoms with E-state index in [1.54, 1.807) is 28.9 Å². The number of nitrogens with zero attached hydrogens (tertiary/aromatic N) is 4. The Balaban J connectivity index is 1.53.